The predicted octanol–water partition coefficient (Wildman–Crippen LogP) is 0.734. The van der Waals surface area contributed by atoms with Crippen molar-refractivity contribution in [3.8, 4) is 0 Å². The summed E-state index contributed by atoms with van der Waals surface area (Å²) in [7, 11) is 1.65. The summed E-state index contributed by atoms with van der Waals surface area (Å²) in [5, 5.41) is 6.95. The highest BCUT2D eigenvalue weighted by Gasteiger charge is 2.01. The lowest BCUT2D eigenvalue weighted by Crippen LogP contribution is -2.26. The number of ether oxygens (including phenoxy) is 1. The smallest absolute Gasteiger partial charge is 0.221 e. The summed E-state index contributed by atoms with van der Waals surface area (Å²) in [5.74, 6) is 0.0595. The third-order valence-electron chi connectivity index (χ3n) is 2.18. The van der Waals surface area contributed by atoms with E-state index in [1.807, 2.05) is 13.1 Å². The van der Waals surface area contributed by atoms with Gasteiger partial charge in [-0.2, -0.15) is 5.10 Å². The first-order valence-corrected chi connectivity index (χ1v) is 5.47. The Bertz CT molecular complexity index is 323. The Morgan fingerprint density at radius 2 is 2.44 bits per heavy atom. The molecule has 16 heavy (non-hydrogen) atoms. The van der Waals surface area contributed by atoms with Crippen molar-refractivity contribution < 1.29 is 9.53 Å². The van der Waals surface area contributed by atoms with Crippen molar-refractivity contribution in [1.82, 2.24) is 15.1 Å². The van der Waals surface area contributed by atoms with Gasteiger partial charge in [0.2, 0.25) is 5.91 Å². The van der Waals surface area contributed by atoms with E-state index < -0.39 is 0 Å². The zero-order chi connectivity index (χ0) is 11.8. The average Bonchev–Trinajstić information content (AvgIpc) is 2.68. The van der Waals surface area contributed by atoms with Gasteiger partial charge in [-0.05, 0) is 18.9 Å². The maximum Gasteiger partial charge on any atom is 0.221 e. The second-order valence-electron chi connectivity index (χ2n) is 3.73. The van der Waals surface area contributed by atoms with Crippen LogP contribution in [0, 0.1) is 6.92 Å². The molecule has 0 radical (unpaired) electrons. The van der Waals surface area contributed by atoms with Gasteiger partial charge in [-0.3, -0.25) is 9.48 Å². The van der Waals surface area contributed by atoms with Crippen LogP contribution in [-0.4, -0.2) is 35.9 Å². The number of hydrogen-bond donors (Lipinski definition) is 1. The molecule has 5 heteroatoms. The van der Waals surface area contributed by atoms with E-state index in [0.717, 1.165) is 12.0 Å². The van der Waals surface area contributed by atoms with E-state index in [9.17, 15) is 4.79 Å². The van der Waals surface area contributed by atoms with Gasteiger partial charge in [-0.1, -0.05) is 0 Å². The quantitative estimate of drug-likeness (QED) is 0.696. The number of nitrogens with zero attached hydrogens (tertiary/aromatic N) is 2. The van der Waals surface area contributed by atoms with Crippen molar-refractivity contribution in [2.24, 2.45) is 0 Å². The maximum absolute atomic E-state index is 11.4. The molecule has 0 atom stereocenters. The van der Waals surface area contributed by atoms with Crippen LogP contribution in [0.5, 0.6) is 0 Å². The molecule has 1 aromatic heterocycles. The van der Waals surface area contributed by atoms with Crippen LogP contribution in [0.4, 0.5) is 0 Å². The van der Waals surface area contributed by atoms with E-state index >= 15 is 0 Å². The number of hydrogen-bond acceptors (Lipinski definition) is 3. The fourth-order valence-electron chi connectivity index (χ4n) is 1.34. The van der Waals surface area contributed by atoms with Gasteiger partial charge in [0.1, 0.15) is 0 Å². The third kappa shape index (κ3) is 4.93. The van der Waals surface area contributed by atoms with E-state index in [2.05, 4.69) is 10.4 Å². The Morgan fingerprint density at radius 1 is 1.62 bits per heavy atom. The molecule has 0 unspecified atom stereocenters. The highest BCUT2D eigenvalue weighted by Crippen LogP contribution is 1.95. The van der Waals surface area contributed by atoms with Crippen LogP contribution in [0.15, 0.2) is 12.4 Å². The van der Waals surface area contributed by atoms with Crippen LogP contribution in [0.2, 0.25) is 0 Å². The summed E-state index contributed by atoms with van der Waals surface area (Å²) in [6, 6.07) is 0. The lowest BCUT2D eigenvalue weighted by Gasteiger charge is -2.04. The molecule has 0 aliphatic heterocycles. The normalized spacial score (nSPS) is 10.4. The number of rotatable bonds is 7. The van der Waals surface area contributed by atoms with Crippen LogP contribution < -0.4 is 5.32 Å². The molecule has 5 nitrogen and oxygen atoms in total. The fraction of sp³-hybridized carbons (Fsp3) is 0.636. The van der Waals surface area contributed by atoms with Crippen molar-refractivity contribution in [3.05, 3.63) is 18.0 Å². The predicted molar refractivity (Wildman–Crippen MR) is 61.1 cm³/mol. The minimum Gasteiger partial charge on any atom is -0.385 e. The zero-order valence-corrected chi connectivity index (χ0v) is 9.90. The minimum atomic E-state index is 0.0595. The highest BCUT2D eigenvalue weighted by molar-refractivity contribution is 5.75. The topological polar surface area (TPSA) is 56.1 Å². The number of aromatic nitrogens is 2. The lowest BCUT2D eigenvalue weighted by atomic mass is 10.3. The van der Waals surface area contributed by atoms with Crippen molar-refractivity contribution in [2.45, 2.75) is 26.3 Å². The van der Waals surface area contributed by atoms with Crippen LogP contribution in [0.3, 0.4) is 0 Å². The fourth-order valence-corrected chi connectivity index (χ4v) is 1.34. The lowest BCUT2D eigenvalue weighted by molar-refractivity contribution is -0.121. The molecule has 0 aliphatic rings. The molecule has 0 fully saturated rings. The van der Waals surface area contributed by atoms with Gasteiger partial charge in [0.15, 0.2) is 0 Å². The number of nitrogens with one attached hydrogen (secondary N) is 1. The van der Waals surface area contributed by atoms with E-state index in [-0.39, 0.29) is 5.91 Å². The Morgan fingerprint density at radius 3 is 3.06 bits per heavy atom. The monoisotopic (exact) mass is 225 g/mol. The molecule has 0 saturated carbocycles. The Labute approximate surface area is 95.8 Å². The molecule has 1 heterocycles. The first-order valence-electron chi connectivity index (χ1n) is 5.47. The van der Waals surface area contributed by atoms with Gasteiger partial charge in [-0.25, -0.2) is 0 Å². The van der Waals surface area contributed by atoms with Crippen LogP contribution in [0.25, 0.3) is 0 Å². The van der Waals surface area contributed by atoms with Crippen molar-refractivity contribution in [2.75, 3.05) is 20.3 Å². The van der Waals surface area contributed by atoms with Crippen molar-refractivity contribution in [1.29, 1.82) is 0 Å². The van der Waals surface area contributed by atoms with Gasteiger partial charge in [0.25, 0.3) is 0 Å². The minimum absolute atomic E-state index is 0.0595. The van der Waals surface area contributed by atoms with E-state index in [0.29, 0.717) is 26.1 Å². The maximum atomic E-state index is 11.4. The van der Waals surface area contributed by atoms with Crippen LogP contribution >= 0.6 is 0 Å². The van der Waals surface area contributed by atoms with Gasteiger partial charge in [-0.15, -0.1) is 0 Å². The molecule has 1 rings (SSSR count). The number of carbonyl (C=O) groups is 1. The standard InChI is InChI=1S/C11H19N3O2/c1-10-8-13-14(9-10)6-4-11(15)12-5-3-7-16-2/h8-9H,3-7H2,1-2H3,(H,12,15). The Kier molecular flexibility index (Phi) is 5.56. The molecule has 0 aromatic carbocycles. The van der Waals surface area contributed by atoms with E-state index in [1.54, 1.807) is 18.0 Å². The number of carbonyl (C=O) groups excluding carboxylic acids is 1. The summed E-state index contributed by atoms with van der Waals surface area (Å²) < 4.78 is 6.67. The summed E-state index contributed by atoms with van der Waals surface area (Å²) in [4.78, 5) is 11.4. The zero-order valence-electron chi connectivity index (χ0n) is 9.90. The molecule has 0 spiro atoms. The molecule has 1 N–H and O–H groups in total. The van der Waals surface area contributed by atoms with Gasteiger partial charge in [0, 0.05) is 39.4 Å². The molecule has 0 saturated heterocycles. The summed E-state index contributed by atoms with van der Waals surface area (Å²) in [6.45, 7) is 3.96. The van der Waals surface area contributed by atoms with E-state index in [1.165, 1.54) is 0 Å². The van der Waals surface area contributed by atoms with Crippen molar-refractivity contribution in [3.63, 3.8) is 0 Å². The molecule has 0 aliphatic carbocycles. The largest absolute Gasteiger partial charge is 0.385 e. The van der Waals surface area contributed by atoms with Gasteiger partial charge in [0.05, 0.1) is 6.20 Å². The van der Waals surface area contributed by atoms with Gasteiger partial charge >= 0.3 is 0 Å². The summed E-state index contributed by atoms with van der Waals surface area (Å²) in [6.07, 6.45) is 5.03. The van der Waals surface area contributed by atoms with E-state index in [4.69, 9.17) is 4.74 Å². The van der Waals surface area contributed by atoms with Gasteiger partial charge < -0.3 is 10.1 Å². The molecule has 0 bridgehead atoms. The summed E-state index contributed by atoms with van der Waals surface area (Å²) >= 11 is 0. The number of amides is 1. The Hall–Kier alpha value is -1.36. The third-order valence-corrected chi connectivity index (χ3v) is 2.18. The number of aryl methyl sites for hydroxylation is 2. The highest BCUT2D eigenvalue weighted by atomic mass is 16.5. The Balaban J connectivity index is 2.10. The molecule has 1 amide bonds. The SMILES string of the molecule is COCCCNC(=O)CCn1cc(C)cn1. The number of methoxy groups -OCH3 is 1. The summed E-state index contributed by atoms with van der Waals surface area (Å²) in [5.41, 5.74) is 1.11. The first kappa shape index (κ1) is 12.7. The molecule has 90 valence electrons. The second-order valence-corrected chi connectivity index (χ2v) is 3.73. The first-order chi connectivity index (χ1) is 7.72. The van der Waals surface area contributed by atoms with Crippen LogP contribution in [0.1, 0.15) is 18.4 Å². The van der Waals surface area contributed by atoms with Crippen molar-refractivity contribution >= 4 is 5.91 Å². The molecular weight excluding hydrogens is 206 g/mol. The average molecular weight is 225 g/mol. The second kappa shape index (κ2) is 7.00. The van der Waals surface area contributed by atoms with Crippen LogP contribution in [-0.2, 0) is 16.1 Å². The molecule has 1 aromatic rings. The molecular formula is C11H19N3O2.